The van der Waals surface area contributed by atoms with Crippen LogP contribution in [0.25, 0.3) is 0 Å². The number of halogens is 1. The number of rotatable bonds is 3. The van der Waals surface area contributed by atoms with Crippen molar-refractivity contribution in [2.45, 2.75) is 19.4 Å². The highest BCUT2D eigenvalue weighted by molar-refractivity contribution is 9.10. The molecule has 1 saturated heterocycles. The predicted octanol–water partition coefficient (Wildman–Crippen LogP) is 2.18. The van der Waals surface area contributed by atoms with Gasteiger partial charge in [-0.05, 0) is 43.7 Å². The van der Waals surface area contributed by atoms with Gasteiger partial charge in [0.25, 0.3) is 0 Å². The third-order valence-electron chi connectivity index (χ3n) is 3.04. The van der Waals surface area contributed by atoms with Crippen LogP contribution in [0.15, 0.2) is 22.7 Å². The first-order valence-electron chi connectivity index (χ1n) is 6.05. The minimum atomic E-state index is 0.304. The van der Waals surface area contributed by atoms with Gasteiger partial charge in [0, 0.05) is 23.2 Å². The van der Waals surface area contributed by atoms with Crippen LogP contribution in [-0.4, -0.2) is 32.3 Å². The normalized spacial score (nSPS) is 20.6. The molecule has 1 heterocycles. The van der Waals surface area contributed by atoms with E-state index < -0.39 is 0 Å². The van der Waals surface area contributed by atoms with Crippen LogP contribution in [-0.2, 0) is 11.2 Å². The summed E-state index contributed by atoms with van der Waals surface area (Å²) in [6.07, 6.45) is 1.22. The molecular weight excluding hydrogens is 280 g/mol. The second-order valence-corrected chi connectivity index (χ2v) is 5.35. The number of nitrogens with two attached hydrogens (primary N) is 1. The fraction of sp³-hybridized carbons (Fsp3) is 0.538. The highest BCUT2D eigenvalue weighted by Crippen LogP contribution is 2.26. The Morgan fingerprint density at radius 1 is 1.53 bits per heavy atom. The molecule has 0 amide bonds. The van der Waals surface area contributed by atoms with Gasteiger partial charge in [0.1, 0.15) is 0 Å². The molecule has 2 rings (SSSR count). The van der Waals surface area contributed by atoms with Crippen LogP contribution < -0.4 is 10.6 Å². The largest absolute Gasteiger partial charge is 0.375 e. The van der Waals surface area contributed by atoms with Crippen LogP contribution in [0.2, 0.25) is 0 Å². The lowest BCUT2D eigenvalue weighted by molar-refractivity contribution is 0.0532. The van der Waals surface area contributed by atoms with Crippen molar-refractivity contribution in [2.75, 3.05) is 31.1 Å². The molecule has 94 valence electrons. The number of anilines is 1. The van der Waals surface area contributed by atoms with Crippen LogP contribution >= 0.6 is 15.9 Å². The molecule has 0 saturated carbocycles. The second-order valence-electron chi connectivity index (χ2n) is 4.44. The van der Waals surface area contributed by atoms with Crippen molar-refractivity contribution < 1.29 is 4.74 Å². The maximum absolute atomic E-state index is 5.68. The van der Waals surface area contributed by atoms with Crippen molar-refractivity contribution in [1.82, 2.24) is 0 Å². The molecule has 1 fully saturated rings. The number of ether oxygens (including phenoxy) is 1. The molecule has 0 aromatic heterocycles. The van der Waals surface area contributed by atoms with E-state index in [0.29, 0.717) is 12.6 Å². The minimum Gasteiger partial charge on any atom is -0.375 e. The first-order chi connectivity index (χ1) is 8.20. The Hall–Kier alpha value is -0.580. The van der Waals surface area contributed by atoms with Gasteiger partial charge in [0.2, 0.25) is 0 Å². The zero-order valence-corrected chi connectivity index (χ0v) is 11.7. The van der Waals surface area contributed by atoms with Gasteiger partial charge in [-0.1, -0.05) is 15.9 Å². The van der Waals surface area contributed by atoms with E-state index in [2.05, 4.69) is 46.0 Å². The van der Waals surface area contributed by atoms with E-state index >= 15 is 0 Å². The monoisotopic (exact) mass is 298 g/mol. The van der Waals surface area contributed by atoms with Crippen molar-refractivity contribution in [1.29, 1.82) is 0 Å². The molecule has 4 heteroatoms. The molecule has 0 radical (unpaired) electrons. The minimum absolute atomic E-state index is 0.304. The standard InChI is InChI=1S/C13H19BrN2O/c1-10-9-16(6-7-17-10)13-3-2-12(14)8-11(13)4-5-15/h2-3,8,10H,4-7,9,15H2,1H3. The Balaban J connectivity index is 2.23. The molecule has 1 aliphatic rings. The number of hydrogen-bond acceptors (Lipinski definition) is 3. The SMILES string of the molecule is CC1CN(c2ccc(Br)cc2CCN)CCO1. The Kier molecular flexibility index (Phi) is 4.42. The van der Waals surface area contributed by atoms with Crippen LogP contribution in [0.4, 0.5) is 5.69 Å². The maximum Gasteiger partial charge on any atom is 0.0722 e. The van der Waals surface area contributed by atoms with Crippen molar-refractivity contribution in [3.63, 3.8) is 0 Å². The van der Waals surface area contributed by atoms with Crippen molar-refractivity contribution in [3.05, 3.63) is 28.2 Å². The van der Waals surface area contributed by atoms with E-state index in [0.717, 1.165) is 30.6 Å². The van der Waals surface area contributed by atoms with Gasteiger partial charge in [-0.3, -0.25) is 0 Å². The quantitative estimate of drug-likeness (QED) is 0.929. The van der Waals surface area contributed by atoms with Gasteiger partial charge in [-0.25, -0.2) is 0 Å². The summed E-state index contributed by atoms with van der Waals surface area (Å²) in [5.41, 5.74) is 8.29. The van der Waals surface area contributed by atoms with E-state index in [1.807, 2.05) is 0 Å². The summed E-state index contributed by atoms with van der Waals surface area (Å²) in [5.74, 6) is 0. The maximum atomic E-state index is 5.68. The van der Waals surface area contributed by atoms with Gasteiger partial charge in [0.15, 0.2) is 0 Å². The molecule has 1 aliphatic heterocycles. The lowest BCUT2D eigenvalue weighted by atomic mass is 10.1. The number of morpholine rings is 1. The van der Waals surface area contributed by atoms with Crippen LogP contribution in [0.5, 0.6) is 0 Å². The zero-order chi connectivity index (χ0) is 12.3. The molecular formula is C13H19BrN2O. The average molecular weight is 299 g/mol. The lowest BCUT2D eigenvalue weighted by Gasteiger charge is -2.34. The number of nitrogens with zero attached hydrogens (tertiary/aromatic N) is 1. The fourth-order valence-corrected chi connectivity index (χ4v) is 2.66. The van der Waals surface area contributed by atoms with Gasteiger partial charge >= 0.3 is 0 Å². The summed E-state index contributed by atoms with van der Waals surface area (Å²) in [6.45, 7) is 5.53. The fourth-order valence-electron chi connectivity index (χ4n) is 2.26. The van der Waals surface area contributed by atoms with E-state index in [-0.39, 0.29) is 0 Å². The average Bonchev–Trinajstić information content (AvgIpc) is 2.29. The van der Waals surface area contributed by atoms with Crippen molar-refractivity contribution in [3.8, 4) is 0 Å². The summed E-state index contributed by atoms with van der Waals surface area (Å²) in [7, 11) is 0. The summed E-state index contributed by atoms with van der Waals surface area (Å²) < 4.78 is 6.69. The third-order valence-corrected chi connectivity index (χ3v) is 3.53. The van der Waals surface area contributed by atoms with E-state index in [1.54, 1.807) is 0 Å². The Labute approximate surface area is 111 Å². The highest BCUT2D eigenvalue weighted by atomic mass is 79.9. The Bertz CT molecular complexity index is 384. The molecule has 3 nitrogen and oxygen atoms in total. The van der Waals surface area contributed by atoms with E-state index in [1.165, 1.54) is 11.3 Å². The van der Waals surface area contributed by atoms with Crippen molar-refractivity contribution >= 4 is 21.6 Å². The first kappa shape index (κ1) is 12.9. The zero-order valence-electron chi connectivity index (χ0n) is 10.2. The summed E-state index contributed by atoms with van der Waals surface area (Å²) in [5, 5.41) is 0. The molecule has 17 heavy (non-hydrogen) atoms. The third kappa shape index (κ3) is 3.21. The topological polar surface area (TPSA) is 38.5 Å². The first-order valence-corrected chi connectivity index (χ1v) is 6.85. The van der Waals surface area contributed by atoms with Gasteiger partial charge in [-0.15, -0.1) is 0 Å². The molecule has 0 spiro atoms. The second kappa shape index (κ2) is 5.85. The number of hydrogen-bond donors (Lipinski definition) is 1. The summed E-state index contributed by atoms with van der Waals surface area (Å²) >= 11 is 3.52. The molecule has 1 aromatic carbocycles. The summed E-state index contributed by atoms with van der Waals surface area (Å²) in [4.78, 5) is 2.39. The molecule has 0 aliphatic carbocycles. The highest BCUT2D eigenvalue weighted by Gasteiger charge is 2.19. The smallest absolute Gasteiger partial charge is 0.0722 e. The molecule has 1 aromatic rings. The van der Waals surface area contributed by atoms with Gasteiger partial charge in [-0.2, -0.15) is 0 Å². The molecule has 1 atom stereocenters. The molecule has 2 N–H and O–H groups in total. The van der Waals surface area contributed by atoms with Crippen LogP contribution in [0.1, 0.15) is 12.5 Å². The van der Waals surface area contributed by atoms with Gasteiger partial charge in [0.05, 0.1) is 12.7 Å². The van der Waals surface area contributed by atoms with Gasteiger partial charge < -0.3 is 15.4 Å². The predicted molar refractivity (Wildman–Crippen MR) is 74.5 cm³/mol. The molecule has 1 unspecified atom stereocenters. The summed E-state index contributed by atoms with van der Waals surface area (Å²) in [6, 6.07) is 6.44. The number of benzene rings is 1. The Morgan fingerprint density at radius 2 is 2.35 bits per heavy atom. The Morgan fingerprint density at radius 3 is 3.06 bits per heavy atom. The van der Waals surface area contributed by atoms with E-state index in [4.69, 9.17) is 10.5 Å². The van der Waals surface area contributed by atoms with Crippen molar-refractivity contribution in [2.24, 2.45) is 5.73 Å². The van der Waals surface area contributed by atoms with Crippen LogP contribution in [0.3, 0.4) is 0 Å². The van der Waals surface area contributed by atoms with E-state index in [9.17, 15) is 0 Å². The molecule has 0 bridgehead atoms. The lowest BCUT2D eigenvalue weighted by Crippen LogP contribution is -2.41. The van der Waals surface area contributed by atoms with Crippen LogP contribution in [0, 0.1) is 0 Å².